The molecule has 0 saturated carbocycles. The van der Waals surface area contributed by atoms with Gasteiger partial charge in [-0.05, 0) is 50.6 Å². The van der Waals surface area contributed by atoms with Gasteiger partial charge in [0.15, 0.2) is 0 Å². The van der Waals surface area contributed by atoms with Crippen molar-refractivity contribution in [3.63, 3.8) is 0 Å². The van der Waals surface area contributed by atoms with E-state index in [-0.39, 0.29) is 11.2 Å². The van der Waals surface area contributed by atoms with E-state index >= 15 is 0 Å². The summed E-state index contributed by atoms with van der Waals surface area (Å²) in [5.74, 6) is -0.632. The smallest absolute Gasteiger partial charge is 0.332 e. The Hall–Kier alpha value is -3.62. The second-order valence-corrected chi connectivity index (χ2v) is 11.1. The summed E-state index contributed by atoms with van der Waals surface area (Å²) in [6.45, 7) is 10.5. The van der Waals surface area contributed by atoms with Gasteiger partial charge in [-0.3, -0.25) is 9.47 Å². The van der Waals surface area contributed by atoms with Crippen LogP contribution >= 0.6 is 11.6 Å². The van der Waals surface area contributed by atoms with Gasteiger partial charge >= 0.3 is 5.69 Å². The predicted octanol–water partition coefficient (Wildman–Crippen LogP) is 5.20. The standard InChI is InChI=1S/C29H32ClFN6O/c1-29(2,3)36-13-11-35(12-14-36)21-7-5-6-19(16-21)22-18-25(31)33-27(26(22)32)20-8-9-24(23(30)17-20)37-15-10-34(4)28(37)38/h5-10,15-18H,11-14,32H2,1-4H3. The normalized spacial score (nSPS) is 14.7. The van der Waals surface area contributed by atoms with Crippen LogP contribution in [0.25, 0.3) is 28.1 Å². The van der Waals surface area contributed by atoms with Crippen LogP contribution < -0.4 is 16.3 Å². The van der Waals surface area contributed by atoms with Gasteiger partial charge in [0.05, 0.1) is 22.1 Å². The molecule has 198 valence electrons. The summed E-state index contributed by atoms with van der Waals surface area (Å²) in [4.78, 5) is 21.3. The highest BCUT2D eigenvalue weighted by Crippen LogP contribution is 2.37. The largest absolute Gasteiger partial charge is 0.396 e. The number of imidazole rings is 1. The molecule has 2 aromatic heterocycles. The molecule has 0 aliphatic carbocycles. The minimum atomic E-state index is -0.632. The third-order valence-corrected chi connectivity index (χ3v) is 7.51. The van der Waals surface area contributed by atoms with Gasteiger partial charge in [-0.2, -0.15) is 4.39 Å². The molecule has 0 amide bonds. The van der Waals surface area contributed by atoms with Gasteiger partial charge in [-0.25, -0.2) is 9.78 Å². The lowest BCUT2D eigenvalue weighted by molar-refractivity contribution is 0.128. The number of nitrogen functional groups attached to an aromatic ring is 1. The van der Waals surface area contributed by atoms with Crippen molar-refractivity contribution in [3.05, 3.63) is 82.4 Å². The Kier molecular flexibility index (Phi) is 6.79. The zero-order chi connectivity index (χ0) is 27.2. The molecule has 2 N–H and O–H groups in total. The molecule has 0 unspecified atom stereocenters. The second kappa shape index (κ2) is 9.93. The monoisotopic (exact) mass is 534 g/mol. The van der Waals surface area contributed by atoms with Crippen LogP contribution in [0.2, 0.25) is 5.02 Å². The molecule has 0 spiro atoms. The number of nitrogens with zero attached hydrogens (tertiary/aromatic N) is 5. The summed E-state index contributed by atoms with van der Waals surface area (Å²) in [5.41, 5.74) is 10.7. The molecule has 7 nitrogen and oxygen atoms in total. The summed E-state index contributed by atoms with van der Waals surface area (Å²) in [5, 5.41) is 0.333. The Morgan fingerprint density at radius 3 is 2.34 bits per heavy atom. The zero-order valence-corrected chi connectivity index (χ0v) is 22.8. The van der Waals surface area contributed by atoms with E-state index in [2.05, 4.69) is 47.7 Å². The number of aromatic nitrogens is 3. The molecular weight excluding hydrogens is 503 g/mol. The first-order chi connectivity index (χ1) is 18.0. The average molecular weight is 535 g/mol. The first-order valence-electron chi connectivity index (χ1n) is 12.6. The first-order valence-corrected chi connectivity index (χ1v) is 13.0. The highest BCUT2D eigenvalue weighted by molar-refractivity contribution is 6.32. The average Bonchev–Trinajstić information content (AvgIpc) is 3.22. The van der Waals surface area contributed by atoms with E-state index in [9.17, 15) is 9.18 Å². The predicted molar refractivity (Wildman–Crippen MR) is 153 cm³/mol. The van der Waals surface area contributed by atoms with Gasteiger partial charge in [-0.15, -0.1) is 0 Å². The van der Waals surface area contributed by atoms with Crippen molar-refractivity contribution in [3.8, 4) is 28.1 Å². The van der Waals surface area contributed by atoms with Crippen LogP contribution in [0.1, 0.15) is 20.8 Å². The van der Waals surface area contributed by atoms with Crippen molar-refractivity contribution in [1.29, 1.82) is 0 Å². The number of benzene rings is 2. The number of rotatable bonds is 4. The fraction of sp³-hybridized carbons (Fsp3) is 0.310. The maximum absolute atomic E-state index is 14.8. The van der Waals surface area contributed by atoms with E-state index in [1.807, 2.05) is 12.1 Å². The zero-order valence-electron chi connectivity index (χ0n) is 22.1. The minimum absolute atomic E-state index is 0.144. The lowest BCUT2D eigenvalue weighted by Crippen LogP contribution is -2.53. The number of anilines is 2. The SMILES string of the molecule is Cn1ccn(-c2ccc(-c3nc(F)cc(-c4cccc(N5CCN(C(C)(C)C)CC5)c4)c3N)cc2Cl)c1=O. The molecule has 3 heterocycles. The van der Waals surface area contributed by atoms with E-state index in [0.29, 0.717) is 33.2 Å². The lowest BCUT2D eigenvalue weighted by Gasteiger charge is -2.43. The maximum Gasteiger partial charge on any atom is 0.332 e. The van der Waals surface area contributed by atoms with Gasteiger partial charge in [0.25, 0.3) is 0 Å². The maximum atomic E-state index is 14.8. The third kappa shape index (κ3) is 4.93. The van der Waals surface area contributed by atoms with Gasteiger partial charge in [0, 0.05) is 74.0 Å². The minimum Gasteiger partial charge on any atom is -0.396 e. The molecule has 1 fully saturated rings. The second-order valence-electron chi connectivity index (χ2n) is 10.7. The highest BCUT2D eigenvalue weighted by atomic mass is 35.5. The number of hydrogen-bond acceptors (Lipinski definition) is 5. The molecular formula is C29H32ClFN6O. The van der Waals surface area contributed by atoms with Crippen LogP contribution in [-0.2, 0) is 7.05 Å². The summed E-state index contributed by atoms with van der Waals surface area (Å²) in [7, 11) is 1.67. The molecule has 9 heteroatoms. The summed E-state index contributed by atoms with van der Waals surface area (Å²) < 4.78 is 17.7. The van der Waals surface area contributed by atoms with E-state index < -0.39 is 5.95 Å². The molecule has 0 atom stereocenters. The molecule has 1 aliphatic rings. The Labute approximate surface area is 226 Å². The molecule has 4 aromatic rings. The van der Waals surface area contributed by atoms with Crippen LogP contribution in [0.3, 0.4) is 0 Å². The molecule has 38 heavy (non-hydrogen) atoms. The third-order valence-electron chi connectivity index (χ3n) is 7.21. The number of piperazine rings is 1. The molecule has 1 saturated heterocycles. The van der Waals surface area contributed by atoms with Gasteiger partial charge in [-0.1, -0.05) is 29.8 Å². The van der Waals surface area contributed by atoms with Gasteiger partial charge in [0.2, 0.25) is 5.95 Å². The highest BCUT2D eigenvalue weighted by Gasteiger charge is 2.26. The molecule has 0 bridgehead atoms. The summed E-state index contributed by atoms with van der Waals surface area (Å²) in [6.07, 6.45) is 3.30. The number of pyridine rings is 1. The van der Waals surface area contributed by atoms with Crippen molar-refractivity contribution in [2.24, 2.45) is 7.05 Å². The van der Waals surface area contributed by atoms with Crippen LogP contribution in [-0.4, -0.2) is 50.7 Å². The fourth-order valence-electron chi connectivity index (χ4n) is 4.99. The van der Waals surface area contributed by atoms with Crippen molar-refractivity contribution in [2.75, 3.05) is 36.8 Å². The Balaban J connectivity index is 1.47. The number of nitrogens with two attached hydrogens (primary N) is 1. The van der Waals surface area contributed by atoms with E-state index in [1.165, 1.54) is 15.2 Å². The van der Waals surface area contributed by atoms with E-state index in [1.54, 1.807) is 37.6 Å². The van der Waals surface area contributed by atoms with Crippen LogP contribution in [0.5, 0.6) is 0 Å². The number of halogens is 2. The summed E-state index contributed by atoms with van der Waals surface area (Å²) >= 11 is 6.55. The topological polar surface area (TPSA) is 72.3 Å². The van der Waals surface area contributed by atoms with E-state index in [4.69, 9.17) is 17.3 Å². The van der Waals surface area contributed by atoms with Crippen molar-refractivity contribution < 1.29 is 4.39 Å². The molecule has 5 rings (SSSR count). The Bertz CT molecular complexity index is 1550. The first kappa shape index (κ1) is 26.0. The van der Waals surface area contributed by atoms with Crippen molar-refractivity contribution >= 4 is 23.0 Å². The summed E-state index contributed by atoms with van der Waals surface area (Å²) in [6, 6.07) is 14.5. The van der Waals surface area contributed by atoms with E-state index in [0.717, 1.165) is 37.4 Å². The van der Waals surface area contributed by atoms with Crippen molar-refractivity contribution in [1.82, 2.24) is 19.0 Å². The van der Waals surface area contributed by atoms with Gasteiger partial charge in [0.1, 0.15) is 0 Å². The quantitative estimate of drug-likeness (QED) is 0.364. The van der Waals surface area contributed by atoms with Crippen LogP contribution in [0.4, 0.5) is 15.8 Å². The number of hydrogen-bond donors (Lipinski definition) is 1. The molecule has 1 aliphatic heterocycles. The molecule has 2 aromatic carbocycles. The molecule has 0 radical (unpaired) electrons. The lowest BCUT2D eigenvalue weighted by atomic mass is 9.99. The van der Waals surface area contributed by atoms with Crippen molar-refractivity contribution in [2.45, 2.75) is 26.3 Å². The Morgan fingerprint density at radius 1 is 0.974 bits per heavy atom. The van der Waals surface area contributed by atoms with Gasteiger partial charge < -0.3 is 15.2 Å². The Morgan fingerprint density at radius 2 is 1.71 bits per heavy atom. The van der Waals surface area contributed by atoms with Crippen LogP contribution in [0, 0.1) is 5.95 Å². The fourth-order valence-corrected chi connectivity index (χ4v) is 5.26. The van der Waals surface area contributed by atoms with Crippen LogP contribution in [0.15, 0.2) is 65.7 Å². The number of aryl methyl sites for hydroxylation is 1.